The monoisotopic (exact) mass is 613 g/mol. The Morgan fingerprint density at radius 2 is 1.69 bits per heavy atom. The highest BCUT2D eigenvalue weighted by molar-refractivity contribution is 6.42. The molecule has 3 aromatic carbocycles. The molecule has 2 atom stereocenters. The molecule has 1 aliphatic rings. The van der Waals surface area contributed by atoms with Crippen LogP contribution in [0.2, 0.25) is 10.0 Å². The molecule has 2 unspecified atom stereocenters. The number of carbonyl (C=O) groups is 2. The molecule has 1 fully saturated rings. The van der Waals surface area contributed by atoms with Crippen molar-refractivity contribution in [3.63, 3.8) is 0 Å². The number of ether oxygens (including phenoxy) is 3. The number of benzene rings is 3. The fourth-order valence-corrected chi connectivity index (χ4v) is 5.67. The summed E-state index contributed by atoms with van der Waals surface area (Å²) in [6.07, 6.45) is 0.684. The van der Waals surface area contributed by atoms with Crippen molar-refractivity contribution in [1.82, 2.24) is 10.2 Å². The van der Waals surface area contributed by atoms with E-state index in [2.05, 4.69) is 17.1 Å². The molecule has 0 aliphatic carbocycles. The highest BCUT2D eigenvalue weighted by Crippen LogP contribution is 2.42. The number of hydrogen-bond acceptors (Lipinski definition) is 6. The van der Waals surface area contributed by atoms with E-state index in [0.29, 0.717) is 59.0 Å². The third kappa shape index (κ3) is 7.30. The molecule has 0 aromatic heterocycles. The average Bonchev–Trinajstić information content (AvgIpc) is 3.01. The second kappa shape index (κ2) is 14.6. The third-order valence-corrected chi connectivity index (χ3v) is 8.34. The first-order valence-electron chi connectivity index (χ1n) is 13.9. The van der Waals surface area contributed by atoms with Gasteiger partial charge < -0.3 is 24.4 Å². The average molecular weight is 615 g/mol. The molecular formula is C32H37Cl2N3O5. The van der Waals surface area contributed by atoms with Gasteiger partial charge in [0, 0.05) is 31.7 Å². The van der Waals surface area contributed by atoms with Crippen molar-refractivity contribution >= 4 is 40.7 Å². The van der Waals surface area contributed by atoms with Gasteiger partial charge in [0.15, 0.2) is 11.5 Å². The molecule has 0 radical (unpaired) electrons. The van der Waals surface area contributed by atoms with Crippen LogP contribution in [0, 0.1) is 5.92 Å². The lowest BCUT2D eigenvalue weighted by molar-refractivity contribution is -0.129. The van der Waals surface area contributed by atoms with E-state index in [1.807, 2.05) is 48.5 Å². The summed E-state index contributed by atoms with van der Waals surface area (Å²) in [6, 6.07) is 17.9. The minimum atomic E-state index is -0.544. The molecule has 4 rings (SSSR count). The summed E-state index contributed by atoms with van der Waals surface area (Å²) in [4.78, 5) is 31.1. The smallest absolute Gasteiger partial charge is 0.227 e. The van der Waals surface area contributed by atoms with Gasteiger partial charge in [0.2, 0.25) is 11.8 Å². The quantitative estimate of drug-likeness (QED) is 0.264. The van der Waals surface area contributed by atoms with Crippen LogP contribution in [0.25, 0.3) is 0 Å². The number of nitrogens with one attached hydrogen (secondary N) is 1. The van der Waals surface area contributed by atoms with Crippen LogP contribution in [-0.2, 0) is 16.1 Å². The molecule has 1 N–H and O–H groups in total. The van der Waals surface area contributed by atoms with Crippen LogP contribution in [0.15, 0.2) is 60.7 Å². The normalized spacial score (nSPS) is 16.8. The molecule has 10 heteroatoms. The van der Waals surface area contributed by atoms with E-state index in [9.17, 15) is 9.59 Å². The number of hydrogen-bond donors (Lipinski definition) is 1. The summed E-state index contributed by atoms with van der Waals surface area (Å²) in [6.45, 7) is 4.66. The summed E-state index contributed by atoms with van der Waals surface area (Å²) < 4.78 is 16.3. The topological polar surface area (TPSA) is 80.3 Å². The summed E-state index contributed by atoms with van der Waals surface area (Å²) in [5.41, 5.74) is 2.52. The molecule has 3 aromatic rings. The Labute approximate surface area is 257 Å². The highest BCUT2D eigenvalue weighted by atomic mass is 35.5. The lowest BCUT2D eigenvalue weighted by atomic mass is 9.83. The Bertz CT molecular complexity index is 1390. The molecule has 0 bridgehead atoms. The van der Waals surface area contributed by atoms with Crippen LogP contribution < -0.4 is 24.4 Å². The minimum Gasteiger partial charge on any atom is -0.497 e. The number of nitrogens with zero attached hydrogens (tertiary/aromatic N) is 2. The summed E-state index contributed by atoms with van der Waals surface area (Å²) in [5, 5.41) is 4.18. The third-order valence-electron chi connectivity index (χ3n) is 7.60. The van der Waals surface area contributed by atoms with Crippen molar-refractivity contribution in [1.29, 1.82) is 0 Å². The molecule has 42 heavy (non-hydrogen) atoms. The van der Waals surface area contributed by atoms with Crippen molar-refractivity contribution in [3.05, 3.63) is 81.8 Å². The Hall–Kier alpha value is -3.46. The number of methoxy groups -OCH3 is 3. The van der Waals surface area contributed by atoms with Crippen molar-refractivity contribution in [3.8, 4) is 17.2 Å². The number of piperidine rings is 1. The summed E-state index contributed by atoms with van der Waals surface area (Å²) in [5.74, 6) is 1.15. The van der Waals surface area contributed by atoms with Gasteiger partial charge in [-0.15, -0.1) is 0 Å². The zero-order chi connectivity index (χ0) is 30.2. The largest absolute Gasteiger partial charge is 0.497 e. The molecule has 1 aliphatic heterocycles. The maximum Gasteiger partial charge on any atom is 0.227 e. The van der Waals surface area contributed by atoms with Crippen LogP contribution in [0.5, 0.6) is 17.2 Å². The molecule has 1 saturated heterocycles. The molecule has 2 amide bonds. The van der Waals surface area contributed by atoms with Gasteiger partial charge in [0.05, 0.1) is 43.3 Å². The predicted molar refractivity (Wildman–Crippen MR) is 166 cm³/mol. The Kier molecular flexibility index (Phi) is 11.0. The van der Waals surface area contributed by atoms with Gasteiger partial charge in [-0.25, -0.2) is 0 Å². The molecule has 1 heterocycles. The van der Waals surface area contributed by atoms with Crippen molar-refractivity contribution in [2.75, 3.05) is 45.9 Å². The number of carbonyl (C=O) groups excluding carboxylic acids is 2. The standard InChI is InChI=1S/C32H37Cl2N3O5/c1-5-36(20-21-6-13-26(33)27(34)18-21)17-16-35-32(39)25-12-15-30(38)37(23-8-10-24(40-2)11-9-23)31(25)22-7-14-28(41-3)29(19-22)42-4/h6-11,13-14,18-19,25,31H,5,12,15-17,20H2,1-4H3,(H,35,39). The number of anilines is 1. The first kappa shape index (κ1) is 31.5. The van der Waals surface area contributed by atoms with Crippen molar-refractivity contribution in [2.45, 2.75) is 32.4 Å². The van der Waals surface area contributed by atoms with Crippen molar-refractivity contribution in [2.24, 2.45) is 5.92 Å². The number of rotatable bonds is 12. The van der Waals surface area contributed by atoms with Gasteiger partial charge in [-0.3, -0.25) is 14.5 Å². The van der Waals surface area contributed by atoms with Gasteiger partial charge in [0.25, 0.3) is 0 Å². The lowest BCUT2D eigenvalue weighted by Gasteiger charge is -2.41. The fourth-order valence-electron chi connectivity index (χ4n) is 5.35. The highest BCUT2D eigenvalue weighted by Gasteiger charge is 2.41. The van der Waals surface area contributed by atoms with Crippen LogP contribution >= 0.6 is 23.2 Å². The van der Waals surface area contributed by atoms with E-state index in [1.165, 1.54) is 0 Å². The van der Waals surface area contributed by atoms with E-state index in [0.717, 1.165) is 17.7 Å². The van der Waals surface area contributed by atoms with E-state index < -0.39 is 12.0 Å². The zero-order valence-corrected chi connectivity index (χ0v) is 25.9. The second-order valence-electron chi connectivity index (χ2n) is 10.1. The zero-order valence-electron chi connectivity index (χ0n) is 24.4. The van der Waals surface area contributed by atoms with Gasteiger partial charge in [-0.1, -0.05) is 42.3 Å². The maximum absolute atomic E-state index is 13.8. The fraction of sp³-hybridized carbons (Fsp3) is 0.375. The first-order chi connectivity index (χ1) is 20.3. The van der Waals surface area contributed by atoms with E-state index >= 15 is 0 Å². The van der Waals surface area contributed by atoms with E-state index in [1.54, 1.807) is 38.4 Å². The van der Waals surface area contributed by atoms with Crippen LogP contribution in [0.3, 0.4) is 0 Å². The molecular weight excluding hydrogens is 577 g/mol. The second-order valence-corrected chi connectivity index (χ2v) is 10.9. The minimum absolute atomic E-state index is 0.0530. The van der Waals surface area contributed by atoms with Crippen LogP contribution in [-0.4, -0.2) is 57.7 Å². The SMILES string of the molecule is CCN(CCNC(=O)C1CCC(=O)N(c2ccc(OC)cc2)C1c1ccc(OC)c(OC)c1)Cc1ccc(Cl)c(Cl)c1. The maximum atomic E-state index is 13.8. The number of amides is 2. The predicted octanol–water partition coefficient (Wildman–Crippen LogP) is 6.14. The molecule has 8 nitrogen and oxygen atoms in total. The number of halogens is 2. The van der Waals surface area contributed by atoms with E-state index in [4.69, 9.17) is 37.4 Å². The Morgan fingerprint density at radius 1 is 0.952 bits per heavy atom. The molecule has 0 saturated carbocycles. The van der Waals surface area contributed by atoms with Crippen LogP contribution in [0.4, 0.5) is 5.69 Å². The molecule has 0 spiro atoms. The molecule has 224 valence electrons. The summed E-state index contributed by atoms with van der Waals surface area (Å²) in [7, 11) is 4.73. The van der Waals surface area contributed by atoms with Gasteiger partial charge in [-0.2, -0.15) is 0 Å². The lowest BCUT2D eigenvalue weighted by Crippen LogP contribution is -2.49. The van der Waals surface area contributed by atoms with E-state index in [-0.39, 0.29) is 18.2 Å². The van der Waals surface area contributed by atoms with Gasteiger partial charge >= 0.3 is 0 Å². The number of likely N-dealkylation sites (N-methyl/N-ethyl adjacent to an activating group) is 1. The van der Waals surface area contributed by atoms with Gasteiger partial charge in [-0.05, 0) is 72.6 Å². The Morgan fingerprint density at radius 3 is 2.33 bits per heavy atom. The van der Waals surface area contributed by atoms with Crippen LogP contribution in [0.1, 0.15) is 36.9 Å². The first-order valence-corrected chi connectivity index (χ1v) is 14.7. The Balaban J connectivity index is 1.56. The van der Waals surface area contributed by atoms with Gasteiger partial charge in [0.1, 0.15) is 5.75 Å². The van der Waals surface area contributed by atoms with Crippen molar-refractivity contribution < 1.29 is 23.8 Å². The summed E-state index contributed by atoms with van der Waals surface area (Å²) >= 11 is 12.3.